The first-order chi connectivity index (χ1) is 10.8. The first-order valence-corrected chi connectivity index (χ1v) is 6.37. The van der Waals surface area contributed by atoms with Crippen molar-refractivity contribution in [2.45, 2.75) is 6.61 Å². The topological polar surface area (TPSA) is 116 Å². The molecule has 0 aliphatic rings. The Bertz CT molecular complexity index is 809. The van der Waals surface area contributed by atoms with Crippen LogP contribution in [0, 0.1) is 11.3 Å². The van der Waals surface area contributed by atoms with Crippen molar-refractivity contribution in [1.29, 1.82) is 5.26 Å². The van der Waals surface area contributed by atoms with Gasteiger partial charge in [0.2, 0.25) is 11.8 Å². The van der Waals surface area contributed by atoms with Gasteiger partial charge in [0, 0.05) is 30.4 Å². The molecule has 8 nitrogen and oxygen atoms in total. The number of nitriles is 1. The van der Waals surface area contributed by atoms with Crippen molar-refractivity contribution in [1.82, 2.24) is 24.7 Å². The summed E-state index contributed by atoms with van der Waals surface area (Å²) in [4.78, 5) is 12.0. The summed E-state index contributed by atoms with van der Waals surface area (Å²) in [5.74, 6) is 0.399. The first-order valence-electron chi connectivity index (χ1n) is 6.37. The van der Waals surface area contributed by atoms with E-state index in [-0.39, 0.29) is 29.8 Å². The molecule has 0 saturated carbocycles. The molecule has 3 rings (SSSR count). The van der Waals surface area contributed by atoms with Crippen LogP contribution in [0.1, 0.15) is 11.1 Å². The maximum absolute atomic E-state index is 9.38. The molecule has 0 saturated heterocycles. The molecule has 0 amide bonds. The van der Waals surface area contributed by atoms with E-state index in [4.69, 9.17) is 10.5 Å². The highest BCUT2D eigenvalue weighted by molar-refractivity contribution is 5.52. The van der Waals surface area contributed by atoms with Crippen molar-refractivity contribution in [3.05, 3.63) is 54.1 Å². The molecule has 0 bridgehead atoms. The third kappa shape index (κ3) is 2.69. The standard InChI is InChI=1S/C14H11N7O/c15-7-11-12(21-6-2-5-18-21)19-14(16)20-13(11)22-9-10-3-1-4-17-8-10/h1-6,8H,9H2,(H2,16,19,20). The maximum Gasteiger partial charge on any atom is 0.239 e. The van der Waals surface area contributed by atoms with E-state index in [1.54, 1.807) is 36.9 Å². The maximum atomic E-state index is 9.38. The molecule has 3 aromatic rings. The lowest BCUT2D eigenvalue weighted by atomic mass is 10.3. The summed E-state index contributed by atoms with van der Waals surface area (Å²) in [6, 6.07) is 7.41. The van der Waals surface area contributed by atoms with E-state index >= 15 is 0 Å². The third-order valence-electron chi connectivity index (χ3n) is 2.81. The Morgan fingerprint density at radius 1 is 1.27 bits per heavy atom. The largest absolute Gasteiger partial charge is 0.472 e. The van der Waals surface area contributed by atoms with Crippen molar-refractivity contribution in [2.75, 3.05) is 5.73 Å². The minimum Gasteiger partial charge on any atom is -0.472 e. The molecule has 108 valence electrons. The summed E-state index contributed by atoms with van der Waals surface area (Å²) in [6.45, 7) is 0.220. The second kappa shape index (κ2) is 5.88. The van der Waals surface area contributed by atoms with Crippen LogP contribution >= 0.6 is 0 Å². The smallest absolute Gasteiger partial charge is 0.239 e. The molecular formula is C14H11N7O. The third-order valence-corrected chi connectivity index (χ3v) is 2.81. The van der Waals surface area contributed by atoms with Crippen molar-refractivity contribution in [3.8, 4) is 17.8 Å². The van der Waals surface area contributed by atoms with Crippen LogP contribution in [0.2, 0.25) is 0 Å². The molecule has 22 heavy (non-hydrogen) atoms. The number of pyridine rings is 1. The molecule has 0 radical (unpaired) electrons. The second-order valence-corrected chi connectivity index (χ2v) is 4.30. The predicted octanol–water partition coefficient (Wildman–Crippen LogP) is 1.09. The number of ether oxygens (including phenoxy) is 1. The Morgan fingerprint density at radius 2 is 2.18 bits per heavy atom. The summed E-state index contributed by atoms with van der Waals surface area (Å²) in [7, 11) is 0. The number of nitrogens with zero attached hydrogens (tertiary/aromatic N) is 6. The molecule has 0 aliphatic carbocycles. The fourth-order valence-electron chi connectivity index (χ4n) is 1.84. The zero-order chi connectivity index (χ0) is 15.4. The highest BCUT2D eigenvalue weighted by Gasteiger charge is 2.16. The highest BCUT2D eigenvalue weighted by Crippen LogP contribution is 2.22. The van der Waals surface area contributed by atoms with Crippen LogP contribution in [0.15, 0.2) is 43.0 Å². The van der Waals surface area contributed by atoms with Crippen LogP contribution in [0.4, 0.5) is 5.95 Å². The van der Waals surface area contributed by atoms with Crippen LogP contribution in [-0.2, 0) is 6.61 Å². The molecule has 0 aliphatic heterocycles. The van der Waals surface area contributed by atoms with Gasteiger partial charge in [-0.15, -0.1) is 0 Å². The first kappa shape index (κ1) is 13.5. The Hall–Kier alpha value is -3.47. The predicted molar refractivity (Wildman–Crippen MR) is 76.9 cm³/mol. The molecule has 3 aromatic heterocycles. The average Bonchev–Trinajstić information content (AvgIpc) is 3.07. The van der Waals surface area contributed by atoms with Gasteiger partial charge in [0.25, 0.3) is 0 Å². The van der Waals surface area contributed by atoms with Gasteiger partial charge in [0.1, 0.15) is 12.7 Å². The van der Waals surface area contributed by atoms with Gasteiger partial charge in [-0.05, 0) is 12.1 Å². The Morgan fingerprint density at radius 3 is 2.86 bits per heavy atom. The second-order valence-electron chi connectivity index (χ2n) is 4.30. The summed E-state index contributed by atoms with van der Waals surface area (Å²) in [6.07, 6.45) is 6.58. The van der Waals surface area contributed by atoms with Crippen molar-refractivity contribution < 1.29 is 4.74 Å². The number of hydrogen-bond donors (Lipinski definition) is 1. The van der Waals surface area contributed by atoms with Crippen molar-refractivity contribution in [2.24, 2.45) is 0 Å². The Balaban J connectivity index is 1.96. The van der Waals surface area contributed by atoms with E-state index in [9.17, 15) is 5.26 Å². The summed E-state index contributed by atoms with van der Waals surface area (Å²) >= 11 is 0. The number of anilines is 1. The monoisotopic (exact) mass is 293 g/mol. The number of rotatable bonds is 4. The van der Waals surface area contributed by atoms with Crippen LogP contribution in [0.25, 0.3) is 5.82 Å². The van der Waals surface area contributed by atoms with Gasteiger partial charge in [-0.25, -0.2) is 4.68 Å². The molecule has 2 N–H and O–H groups in total. The summed E-state index contributed by atoms with van der Waals surface area (Å²) in [5, 5.41) is 13.4. The fourth-order valence-corrected chi connectivity index (χ4v) is 1.84. The van der Waals surface area contributed by atoms with E-state index in [1.807, 2.05) is 12.1 Å². The van der Waals surface area contributed by atoms with Gasteiger partial charge in [-0.2, -0.15) is 20.3 Å². The fraction of sp³-hybridized carbons (Fsp3) is 0.0714. The highest BCUT2D eigenvalue weighted by atomic mass is 16.5. The summed E-state index contributed by atoms with van der Waals surface area (Å²) < 4.78 is 7.04. The number of aromatic nitrogens is 5. The van der Waals surface area contributed by atoms with Crippen molar-refractivity contribution in [3.63, 3.8) is 0 Å². The van der Waals surface area contributed by atoms with Crippen LogP contribution in [0.5, 0.6) is 5.88 Å². The van der Waals surface area contributed by atoms with Crippen LogP contribution in [-0.4, -0.2) is 24.7 Å². The lowest BCUT2D eigenvalue weighted by Crippen LogP contribution is -2.10. The van der Waals surface area contributed by atoms with Gasteiger partial charge in [0.15, 0.2) is 11.4 Å². The average molecular weight is 293 g/mol. The molecule has 0 unspecified atom stereocenters. The quantitative estimate of drug-likeness (QED) is 0.765. The molecule has 0 spiro atoms. The normalized spacial score (nSPS) is 10.1. The zero-order valence-corrected chi connectivity index (χ0v) is 11.4. The summed E-state index contributed by atoms with van der Waals surface area (Å²) in [5.41, 5.74) is 6.71. The SMILES string of the molecule is N#Cc1c(OCc2cccnc2)nc(N)nc1-n1cccn1. The minimum atomic E-state index is 0.00527. The number of hydrogen-bond acceptors (Lipinski definition) is 7. The molecule has 0 fully saturated rings. The Labute approximate surface area is 125 Å². The Kier molecular flexibility index (Phi) is 3.61. The lowest BCUT2D eigenvalue weighted by Gasteiger charge is -2.10. The number of nitrogens with two attached hydrogens (primary N) is 1. The van der Waals surface area contributed by atoms with E-state index in [2.05, 4.69) is 20.1 Å². The van der Waals surface area contributed by atoms with Crippen LogP contribution < -0.4 is 10.5 Å². The van der Waals surface area contributed by atoms with E-state index < -0.39 is 0 Å². The van der Waals surface area contributed by atoms with Gasteiger partial charge in [-0.3, -0.25) is 4.98 Å². The molecule has 0 aromatic carbocycles. The van der Waals surface area contributed by atoms with E-state index in [1.165, 1.54) is 4.68 Å². The van der Waals surface area contributed by atoms with E-state index in [0.717, 1.165) is 5.56 Å². The zero-order valence-electron chi connectivity index (χ0n) is 11.4. The van der Waals surface area contributed by atoms with Gasteiger partial charge < -0.3 is 10.5 Å². The van der Waals surface area contributed by atoms with Gasteiger partial charge >= 0.3 is 0 Å². The number of nitrogen functional groups attached to an aromatic ring is 1. The lowest BCUT2D eigenvalue weighted by molar-refractivity contribution is 0.292. The molecule has 8 heteroatoms. The minimum absolute atomic E-state index is 0.00527. The van der Waals surface area contributed by atoms with E-state index in [0.29, 0.717) is 0 Å². The molecular weight excluding hydrogens is 282 g/mol. The van der Waals surface area contributed by atoms with Gasteiger partial charge in [0.05, 0.1) is 0 Å². The van der Waals surface area contributed by atoms with Crippen LogP contribution in [0.3, 0.4) is 0 Å². The van der Waals surface area contributed by atoms with Gasteiger partial charge in [-0.1, -0.05) is 6.07 Å². The molecule has 0 atom stereocenters. The molecule has 3 heterocycles. The van der Waals surface area contributed by atoms with Crippen molar-refractivity contribution >= 4 is 5.95 Å².